The number of unbranched alkanes of at least 4 members (excludes halogenated alkanes) is 3. The molecule has 0 N–H and O–H groups in total. The van der Waals surface area contributed by atoms with Gasteiger partial charge >= 0.3 is 0 Å². The Hall–Kier alpha value is -2.19. The number of hydrogen-bond donors (Lipinski definition) is 0. The van der Waals surface area contributed by atoms with E-state index >= 15 is 0 Å². The van der Waals surface area contributed by atoms with Crippen LogP contribution in [0.25, 0.3) is 0 Å². The summed E-state index contributed by atoms with van der Waals surface area (Å²) in [6, 6.07) is 35.6. The number of nitrogens with zero attached hydrogens (tertiary/aromatic N) is 2. The van der Waals surface area contributed by atoms with E-state index in [4.69, 9.17) is 14.3 Å². The number of thioether (sulfide) groups is 1. The van der Waals surface area contributed by atoms with Gasteiger partial charge in [-0.15, -0.1) is 11.8 Å². The lowest BCUT2D eigenvalue weighted by Crippen LogP contribution is -2.33. The summed E-state index contributed by atoms with van der Waals surface area (Å²) in [4.78, 5) is 0. The van der Waals surface area contributed by atoms with E-state index in [9.17, 15) is 0 Å². The summed E-state index contributed by atoms with van der Waals surface area (Å²) in [5.41, 5.74) is 3.95. The third kappa shape index (κ3) is 9.16. The van der Waals surface area contributed by atoms with Crippen LogP contribution in [0.1, 0.15) is 76.5 Å². The lowest BCUT2D eigenvalue weighted by Gasteiger charge is -2.35. The third-order valence-corrected chi connectivity index (χ3v) is 10.5. The minimum atomic E-state index is -1.16. The molecule has 1 atom stereocenters. The van der Waals surface area contributed by atoms with Gasteiger partial charge in [0.2, 0.25) is 0 Å². The van der Waals surface area contributed by atoms with Crippen molar-refractivity contribution in [1.29, 1.82) is 5.26 Å². The Morgan fingerprint density at radius 1 is 0.700 bits per heavy atom. The maximum atomic E-state index is 8.92. The number of nitriles is 1. The lowest BCUT2D eigenvalue weighted by atomic mass is 9.84. The molecule has 1 unspecified atom stereocenters. The smallest absolute Gasteiger partial charge is 0.259 e. The quantitative estimate of drug-likeness (QED) is 0.0857. The molecular formula is C34H45N2O2PS. The van der Waals surface area contributed by atoms with Gasteiger partial charge in [0.1, 0.15) is 0 Å². The second kappa shape index (κ2) is 17.6. The fourth-order valence-corrected chi connectivity index (χ4v) is 8.20. The summed E-state index contributed by atoms with van der Waals surface area (Å²) in [5.74, 6) is 1.07. The molecule has 6 heteroatoms. The number of rotatable bonds is 18. The van der Waals surface area contributed by atoms with Crippen molar-refractivity contribution < 1.29 is 9.05 Å². The van der Waals surface area contributed by atoms with E-state index in [0.717, 1.165) is 31.4 Å². The van der Waals surface area contributed by atoms with Gasteiger partial charge in [0.15, 0.2) is 0 Å². The zero-order chi connectivity index (χ0) is 28.6. The molecule has 0 fully saturated rings. The molecule has 3 aromatic rings. The maximum absolute atomic E-state index is 8.92. The Morgan fingerprint density at radius 3 is 1.60 bits per heavy atom. The monoisotopic (exact) mass is 576 g/mol. The van der Waals surface area contributed by atoms with E-state index in [1.54, 1.807) is 0 Å². The summed E-state index contributed by atoms with van der Waals surface area (Å²) in [5, 5.41) is 8.92. The van der Waals surface area contributed by atoms with E-state index in [2.05, 4.69) is 129 Å². The molecule has 0 amide bonds. The molecule has 0 radical (unpaired) electrons. The second-order valence-corrected chi connectivity index (χ2v) is 13.2. The van der Waals surface area contributed by atoms with Crippen molar-refractivity contribution in [2.24, 2.45) is 0 Å². The number of hydrogen-bond acceptors (Lipinski definition) is 5. The van der Waals surface area contributed by atoms with Crippen molar-refractivity contribution in [2.75, 3.05) is 19.0 Å². The molecule has 3 aromatic carbocycles. The van der Waals surface area contributed by atoms with Gasteiger partial charge in [0.05, 0.1) is 30.5 Å². The fraction of sp³-hybridized carbons (Fsp3) is 0.441. The van der Waals surface area contributed by atoms with Crippen molar-refractivity contribution >= 4 is 20.3 Å². The van der Waals surface area contributed by atoms with Gasteiger partial charge in [-0.25, -0.2) is 4.67 Å². The van der Waals surface area contributed by atoms with Gasteiger partial charge in [-0.2, -0.15) is 5.26 Å². The van der Waals surface area contributed by atoms with E-state index in [1.807, 2.05) is 11.8 Å². The highest BCUT2D eigenvalue weighted by Crippen LogP contribution is 2.49. The molecule has 0 aromatic heterocycles. The van der Waals surface area contributed by atoms with Crippen molar-refractivity contribution in [2.45, 2.75) is 76.6 Å². The first-order valence-corrected chi connectivity index (χ1v) is 16.6. The maximum Gasteiger partial charge on any atom is 0.259 e. The van der Waals surface area contributed by atoms with Gasteiger partial charge in [-0.3, -0.25) is 0 Å². The molecule has 0 saturated heterocycles. The zero-order valence-corrected chi connectivity index (χ0v) is 26.2. The van der Waals surface area contributed by atoms with Crippen LogP contribution in [-0.2, 0) is 13.8 Å². The van der Waals surface area contributed by atoms with Crippen LogP contribution < -0.4 is 0 Å². The molecule has 3 rings (SSSR count). The van der Waals surface area contributed by atoms with E-state index < -0.39 is 8.53 Å². The Morgan fingerprint density at radius 2 is 1.15 bits per heavy atom. The molecule has 4 nitrogen and oxygen atoms in total. The molecule has 0 bridgehead atoms. The SMILES string of the molecule is CC(C)N(C(C)C)P(OCCC#N)OCCCCCCSC(c1ccccc1)(c1ccccc1)c1ccccc1. The van der Waals surface area contributed by atoms with Gasteiger partial charge in [0, 0.05) is 12.1 Å². The normalized spacial score (nSPS) is 12.7. The van der Waals surface area contributed by atoms with Crippen LogP contribution in [0.15, 0.2) is 91.0 Å². The van der Waals surface area contributed by atoms with Crippen LogP contribution in [0.4, 0.5) is 0 Å². The summed E-state index contributed by atoms with van der Waals surface area (Å²) in [7, 11) is -1.16. The summed E-state index contributed by atoms with van der Waals surface area (Å²) >= 11 is 2.04. The average Bonchev–Trinajstić information content (AvgIpc) is 2.97. The Bertz CT molecular complexity index is 1020. The molecule has 0 spiro atoms. The standard InChI is InChI=1S/C34H45N2O2PS/c1-29(2)36(30(3)4)39(38-27-18-25-35)37-26-16-5-6-17-28-40-34(31-19-10-7-11-20-31,32-21-12-8-13-22-32)33-23-14-9-15-24-33/h7-15,19-24,29-30H,5-6,16-18,26-28H2,1-4H3. The van der Waals surface area contributed by atoms with E-state index in [0.29, 0.717) is 31.7 Å². The van der Waals surface area contributed by atoms with Gasteiger partial charge in [-0.1, -0.05) is 104 Å². The predicted molar refractivity (Wildman–Crippen MR) is 171 cm³/mol. The van der Waals surface area contributed by atoms with Gasteiger partial charge in [-0.05, 0) is 63.0 Å². The molecule has 0 heterocycles. The average molecular weight is 577 g/mol. The first-order chi connectivity index (χ1) is 19.5. The molecule has 0 aliphatic heterocycles. The highest BCUT2D eigenvalue weighted by atomic mass is 32.2. The van der Waals surface area contributed by atoms with Crippen LogP contribution in [0, 0.1) is 11.3 Å². The summed E-state index contributed by atoms with van der Waals surface area (Å²) in [6.07, 6.45) is 4.84. The third-order valence-electron chi connectivity index (χ3n) is 6.76. The predicted octanol–water partition coefficient (Wildman–Crippen LogP) is 9.56. The van der Waals surface area contributed by atoms with Gasteiger partial charge < -0.3 is 9.05 Å². The Balaban J connectivity index is 1.59. The zero-order valence-electron chi connectivity index (χ0n) is 24.5. The summed E-state index contributed by atoms with van der Waals surface area (Å²) < 4.78 is 14.3. The first-order valence-electron chi connectivity index (χ1n) is 14.5. The van der Waals surface area contributed by atoms with Crippen LogP contribution in [0.5, 0.6) is 0 Å². The van der Waals surface area contributed by atoms with Crippen LogP contribution >= 0.6 is 20.3 Å². The molecule has 0 aliphatic rings. The van der Waals surface area contributed by atoms with Crippen molar-refractivity contribution in [3.63, 3.8) is 0 Å². The molecule has 0 aliphatic carbocycles. The van der Waals surface area contributed by atoms with Crippen molar-refractivity contribution in [3.8, 4) is 6.07 Å². The van der Waals surface area contributed by atoms with Crippen LogP contribution in [-0.4, -0.2) is 35.7 Å². The van der Waals surface area contributed by atoms with E-state index in [-0.39, 0.29) is 4.75 Å². The molecule has 0 saturated carbocycles. The van der Waals surface area contributed by atoms with Crippen LogP contribution in [0.2, 0.25) is 0 Å². The largest absolute Gasteiger partial charge is 0.322 e. The number of benzene rings is 3. The highest BCUT2D eigenvalue weighted by molar-refractivity contribution is 8.00. The molecule has 40 heavy (non-hydrogen) atoms. The Labute approximate surface area is 248 Å². The van der Waals surface area contributed by atoms with Crippen molar-refractivity contribution in [3.05, 3.63) is 108 Å². The van der Waals surface area contributed by atoms with Crippen molar-refractivity contribution in [1.82, 2.24) is 4.67 Å². The first kappa shape index (κ1) is 32.3. The molecule has 214 valence electrons. The minimum Gasteiger partial charge on any atom is -0.322 e. The second-order valence-electron chi connectivity index (χ2n) is 10.4. The van der Waals surface area contributed by atoms with E-state index in [1.165, 1.54) is 16.7 Å². The van der Waals surface area contributed by atoms with Crippen LogP contribution in [0.3, 0.4) is 0 Å². The molecular weight excluding hydrogens is 531 g/mol. The fourth-order valence-electron chi connectivity index (χ4n) is 5.01. The minimum absolute atomic E-state index is 0.249. The Kier molecular flexibility index (Phi) is 14.2. The lowest BCUT2D eigenvalue weighted by molar-refractivity contribution is 0.174. The van der Waals surface area contributed by atoms with Gasteiger partial charge in [0.25, 0.3) is 8.53 Å². The topological polar surface area (TPSA) is 45.5 Å². The summed E-state index contributed by atoms with van der Waals surface area (Å²) in [6.45, 7) is 9.79. The highest BCUT2D eigenvalue weighted by Gasteiger charge is 2.36.